The van der Waals surface area contributed by atoms with E-state index in [1.165, 1.54) is 5.56 Å². The van der Waals surface area contributed by atoms with E-state index < -0.39 is 0 Å². The highest BCUT2D eigenvalue weighted by atomic mass is 35.5. The number of amides is 1. The topological polar surface area (TPSA) is 41.6 Å². The predicted octanol–water partition coefficient (Wildman–Crippen LogP) is 2.76. The molecule has 2 atom stereocenters. The number of fused-ring (bicyclic) bond motifs is 1. The van der Waals surface area contributed by atoms with Crippen LogP contribution in [0.25, 0.3) is 0 Å². The molecule has 0 unspecified atom stereocenters. The number of nitrogens with zero attached hydrogens (tertiary/aromatic N) is 1. The minimum Gasteiger partial charge on any atom is -0.483 e. The van der Waals surface area contributed by atoms with Gasteiger partial charge in [-0.05, 0) is 29.0 Å². The maximum atomic E-state index is 12.5. The number of rotatable bonds is 5. The summed E-state index contributed by atoms with van der Waals surface area (Å²) in [6, 6.07) is 18.3. The van der Waals surface area contributed by atoms with Gasteiger partial charge in [-0.3, -0.25) is 4.79 Å². The zero-order valence-electron chi connectivity index (χ0n) is 14.8. The molecule has 2 aromatic rings. The minimum atomic E-state index is 0. The van der Waals surface area contributed by atoms with Crippen LogP contribution in [0.4, 0.5) is 0 Å². The fourth-order valence-corrected chi connectivity index (χ4v) is 3.90. The first kappa shape index (κ1) is 18.7. The minimum absolute atomic E-state index is 0. The van der Waals surface area contributed by atoms with Gasteiger partial charge in [0.15, 0.2) is 6.61 Å². The molecular weight excluding hydrogens is 348 g/mol. The van der Waals surface area contributed by atoms with Crippen molar-refractivity contribution in [3.8, 4) is 5.75 Å². The Morgan fingerprint density at radius 3 is 2.38 bits per heavy atom. The molecule has 1 N–H and O–H groups in total. The first-order valence-corrected chi connectivity index (χ1v) is 9.03. The van der Waals surface area contributed by atoms with Gasteiger partial charge in [-0.15, -0.1) is 12.4 Å². The molecule has 2 aliphatic rings. The third kappa shape index (κ3) is 4.19. The number of hydrogen-bond acceptors (Lipinski definition) is 3. The zero-order valence-corrected chi connectivity index (χ0v) is 15.6. The number of hydrogen-bond donors (Lipinski definition) is 1. The second kappa shape index (κ2) is 8.56. The van der Waals surface area contributed by atoms with E-state index in [2.05, 4.69) is 23.5 Å². The monoisotopic (exact) mass is 372 g/mol. The number of likely N-dealkylation sites (tertiary alicyclic amines) is 1. The Bertz CT molecular complexity index is 726. The fourth-order valence-electron chi connectivity index (χ4n) is 3.90. The van der Waals surface area contributed by atoms with Crippen molar-refractivity contribution >= 4 is 18.3 Å². The SMILES string of the molecule is Cl.O=C(COc1ccccc1Cc1ccccc1)N1C[C@H]2CNC[C@H]2C1. The Kier molecular flexibility index (Phi) is 6.17. The molecule has 2 saturated heterocycles. The van der Waals surface area contributed by atoms with Gasteiger partial charge in [-0.1, -0.05) is 48.5 Å². The second-order valence-electron chi connectivity index (χ2n) is 7.04. The summed E-state index contributed by atoms with van der Waals surface area (Å²) in [4.78, 5) is 14.5. The number of nitrogens with one attached hydrogen (secondary N) is 1. The number of ether oxygens (including phenoxy) is 1. The summed E-state index contributed by atoms with van der Waals surface area (Å²) in [5, 5.41) is 3.40. The van der Waals surface area contributed by atoms with Gasteiger partial charge in [0, 0.05) is 32.6 Å². The van der Waals surface area contributed by atoms with Gasteiger partial charge < -0.3 is 15.0 Å². The standard InChI is InChI=1S/C21H24N2O2.ClH/c24-21(23-13-18-11-22-12-19(18)14-23)15-25-20-9-5-4-8-17(20)10-16-6-2-1-3-7-16;/h1-9,18-19,22H,10-15H2;1H/t18-,19+;. The van der Waals surface area contributed by atoms with Crippen LogP contribution in [0, 0.1) is 11.8 Å². The average Bonchev–Trinajstić information content (AvgIpc) is 3.24. The van der Waals surface area contributed by atoms with Crippen molar-refractivity contribution < 1.29 is 9.53 Å². The molecule has 2 heterocycles. The van der Waals surface area contributed by atoms with Gasteiger partial charge >= 0.3 is 0 Å². The fraction of sp³-hybridized carbons (Fsp3) is 0.381. The van der Waals surface area contributed by atoms with Crippen LogP contribution < -0.4 is 10.1 Å². The number of benzene rings is 2. The molecule has 26 heavy (non-hydrogen) atoms. The van der Waals surface area contributed by atoms with E-state index in [1.807, 2.05) is 41.3 Å². The molecule has 0 bridgehead atoms. The average molecular weight is 373 g/mol. The molecule has 0 aromatic heterocycles. The molecule has 2 fully saturated rings. The van der Waals surface area contributed by atoms with Crippen LogP contribution in [0.3, 0.4) is 0 Å². The maximum absolute atomic E-state index is 12.5. The van der Waals surface area contributed by atoms with Crippen molar-refractivity contribution in [2.45, 2.75) is 6.42 Å². The normalized spacial score (nSPS) is 21.2. The van der Waals surface area contributed by atoms with Crippen molar-refractivity contribution in [2.24, 2.45) is 11.8 Å². The lowest BCUT2D eigenvalue weighted by Gasteiger charge is -2.18. The summed E-state index contributed by atoms with van der Waals surface area (Å²) in [6.45, 7) is 3.93. The Labute approximate surface area is 160 Å². The van der Waals surface area contributed by atoms with Gasteiger partial charge in [0.25, 0.3) is 5.91 Å². The molecule has 0 aliphatic carbocycles. The highest BCUT2D eigenvalue weighted by molar-refractivity contribution is 5.85. The van der Waals surface area contributed by atoms with E-state index in [4.69, 9.17) is 4.74 Å². The van der Waals surface area contributed by atoms with Crippen LogP contribution in [-0.4, -0.2) is 43.6 Å². The van der Waals surface area contributed by atoms with E-state index in [-0.39, 0.29) is 24.9 Å². The molecule has 4 rings (SSSR count). The summed E-state index contributed by atoms with van der Waals surface area (Å²) in [6.07, 6.45) is 0.810. The second-order valence-corrected chi connectivity index (χ2v) is 7.04. The predicted molar refractivity (Wildman–Crippen MR) is 105 cm³/mol. The van der Waals surface area contributed by atoms with E-state index in [9.17, 15) is 4.79 Å². The van der Waals surface area contributed by atoms with E-state index >= 15 is 0 Å². The van der Waals surface area contributed by atoms with Crippen molar-refractivity contribution in [2.75, 3.05) is 32.8 Å². The van der Waals surface area contributed by atoms with Crippen molar-refractivity contribution in [1.29, 1.82) is 0 Å². The lowest BCUT2D eigenvalue weighted by molar-refractivity contribution is -0.132. The summed E-state index contributed by atoms with van der Waals surface area (Å²) < 4.78 is 5.90. The van der Waals surface area contributed by atoms with Gasteiger partial charge in [0.05, 0.1) is 0 Å². The smallest absolute Gasteiger partial charge is 0.260 e. The van der Waals surface area contributed by atoms with Crippen molar-refractivity contribution in [3.63, 3.8) is 0 Å². The van der Waals surface area contributed by atoms with Crippen LogP contribution >= 0.6 is 12.4 Å². The number of para-hydroxylation sites is 1. The maximum Gasteiger partial charge on any atom is 0.260 e. The zero-order chi connectivity index (χ0) is 17.1. The van der Waals surface area contributed by atoms with Gasteiger partial charge in [-0.2, -0.15) is 0 Å². The molecule has 138 valence electrons. The largest absolute Gasteiger partial charge is 0.483 e. The molecule has 5 heteroatoms. The van der Waals surface area contributed by atoms with Crippen molar-refractivity contribution in [1.82, 2.24) is 10.2 Å². The first-order chi connectivity index (χ1) is 12.3. The molecule has 1 amide bonds. The molecule has 2 aromatic carbocycles. The van der Waals surface area contributed by atoms with E-state index in [0.29, 0.717) is 11.8 Å². The molecule has 2 aliphatic heterocycles. The lowest BCUT2D eigenvalue weighted by Crippen LogP contribution is -2.35. The van der Waals surface area contributed by atoms with Gasteiger partial charge in [-0.25, -0.2) is 0 Å². The van der Waals surface area contributed by atoms with Gasteiger partial charge in [0.2, 0.25) is 0 Å². The van der Waals surface area contributed by atoms with Gasteiger partial charge in [0.1, 0.15) is 5.75 Å². The summed E-state index contributed by atoms with van der Waals surface area (Å²) in [5.41, 5.74) is 2.36. The molecule has 0 radical (unpaired) electrons. The molecular formula is C21H25ClN2O2. The van der Waals surface area contributed by atoms with Crippen LogP contribution in [0.2, 0.25) is 0 Å². The van der Waals surface area contributed by atoms with Crippen molar-refractivity contribution in [3.05, 3.63) is 65.7 Å². The van der Waals surface area contributed by atoms with Crippen LogP contribution in [0.15, 0.2) is 54.6 Å². The molecule has 0 spiro atoms. The van der Waals surface area contributed by atoms with Crippen LogP contribution in [0.1, 0.15) is 11.1 Å². The van der Waals surface area contributed by atoms with Crippen LogP contribution in [0.5, 0.6) is 5.75 Å². The summed E-state index contributed by atoms with van der Waals surface area (Å²) >= 11 is 0. The van der Waals surface area contributed by atoms with E-state index in [0.717, 1.165) is 43.9 Å². The quantitative estimate of drug-likeness (QED) is 0.877. The molecule has 0 saturated carbocycles. The Hall–Kier alpha value is -2.04. The summed E-state index contributed by atoms with van der Waals surface area (Å²) in [7, 11) is 0. The Morgan fingerprint density at radius 2 is 1.65 bits per heavy atom. The third-order valence-corrected chi connectivity index (χ3v) is 5.30. The summed E-state index contributed by atoms with van der Waals surface area (Å²) in [5.74, 6) is 2.15. The Morgan fingerprint density at radius 1 is 1.00 bits per heavy atom. The van der Waals surface area contributed by atoms with Crippen LogP contribution in [-0.2, 0) is 11.2 Å². The lowest BCUT2D eigenvalue weighted by atomic mass is 10.0. The third-order valence-electron chi connectivity index (χ3n) is 5.30. The highest BCUT2D eigenvalue weighted by Crippen LogP contribution is 2.27. The number of carbonyl (C=O) groups excluding carboxylic acids is 1. The highest BCUT2D eigenvalue weighted by Gasteiger charge is 2.38. The number of carbonyl (C=O) groups is 1. The first-order valence-electron chi connectivity index (χ1n) is 9.03. The van der Waals surface area contributed by atoms with E-state index in [1.54, 1.807) is 0 Å². The molecule has 4 nitrogen and oxygen atoms in total. The Balaban J connectivity index is 0.00000196. The number of halogens is 1.